The lowest BCUT2D eigenvalue weighted by atomic mass is 10.1. The summed E-state index contributed by atoms with van der Waals surface area (Å²) >= 11 is 1.68. The Kier molecular flexibility index (Phi) is 4.04. The highest BCUT2D eigenvalue weighted by Crippen LogP contribution is 2.19. The lowest BCUT2D eigenvalue weighted by molar-refractivity contribution is 0.224. The summed E-state index contributed by atoms with van der Waals surface area (Å²) < 4.78 is 5.29. The molecule has 0 saturated heterocycles. The van der Waals surface area contributed by atoms with Gasteiger partial charge in [0.05, 0.1) is 18.6 Å². The van der Waals surface area contributed by atoms with E-state index >= 15 is 0 Å². The number of aliphatic hydroxyl groups is 1. The van der Waals surface area contributed by atoms with Crippen LogP contribution in [0.3, 0.4) is 0 Å². The van der Waals surface area contributed by atoms with E-state index in [-0.39, 0.29) is 6.61 Å². The van der Waals surface area contributed by atoms with Gasteiger partial charge in [-0.3, -0.25) is 0 Å². The summed E-state index contributed by atoms with van der Waals surface area (Å²) in [7, 11) is 0. The van der Waals surface area contributed by atoms with Crippen LogP contribution < -0.4 is 5.73 Å². The van der Waals surface area contributed by atoms with Crippen LogP contribution in [0.4, 0.5) is 0 Å². The zero-order valence-corrected chi connectivity index (χ0v) is 9.43. The van der Waals surface area contributed by atoms with E-state index in [1.807, 2.05) is 19.9 Å². The van der Waals surface area contributed by atoms with Crippen molar-refractivity contribution in [1.29, 1.82) is 0 Å². The number of hydrogen-bond acceptors (Lipinski definition) is 4. The van der Waals surface area contributed by atoms with Crippen LogP contribution in [-0.4, -0.2) is 23.0 Å². The van der Waals surface area contributed by atoms with Crippen molar-refractivity contribution < 1.29 is 9.52 Å². The molecule has 14 heavy (non-hydrogen) atoms. The first kappa shape index (κ1) is 11.6. The third kappa shape index (κ3) is 3.36. The molecule has 80 valence electrons. The number of aryl methyl sites for hydroxylation is 1. The monoisotopic (exact) mass is 215 g/mol. The molecule has 0 radical (unpaired) electrons. The van der Waals surface area contributed by atoms with Crippen molar-refractivity contribution in [2.24, 2.45) is 5.73 Å². The lowest BCUT2D eigenvalue weighted by Gasteiger charge is -2.20. The largest absolute Gasteiger partial charge is 0.468 e. The Morgan fingerprint density at radius 2 is 2.36 bits per heavy atom. The van der Waals surface area contributed by atoms with Crippen LogP contribution in [0.15, 0.2) is 16.7 Å². The molecule has 3 N–H and O–H groups in total. The molecule has 0 fully saturated rings. The van der Waals surface area contributed by atoms with E-state index in [9.17, 15) is 0 Å². The summed E-state index contributed by atoms with van der Waals surface area (Å²) in [4.78, 5) is 0. The van der Waals surface area contributed by atoms with Gasteiger partial charge in [0.2, 0.25) is 0 Å². The van der Waals surface area contributed by atoms with Gasteiger partial charge in [-0.25, -0.2) is 0 Å². The topological polar surface area (TPSA) is 59.4 Å². The van der Waals surface area contributed by atoms with E-state index in [1.165, 1.54) is 5.56 Å². The van der Waals surface area contributed by atoms with Gasteiger partial charge in [0, 0.05) is 11.3 Å². The van der Waals surface area contributed by atoms with Crippen LogP contribution in [0, 0.1) is 6.92 Å². The molecule has 1 atom stereocenters. The molecular formula is C10H17NO2S. The second kappa shape index (κ2) is 4.87. The Hall–Kier alpha value is -0.450. The zero-order valence-electron chi connectivity index (χ0n) is 8.62. The summed E-state index contributed by atoms with van der Waals surface area (Å²) in [5.41, 5.74) is 6.46. The van der Waals surface area contributed by atoms with Crippen LogP contribution in [0.1, 0.15) is 18.2 Å². The molecule has 0 aliphatic carbocycles. The quantitative estimate of drug-likeness (QED) is 0.782. The SMILES string of the molecule is Cc1ccoc1CSCC(C)(N)CO. The van der Waals surface area contributed by atoms with Crippen molar-refractivity contribution in [3.8, 4) is 0 Å². The van der Waals surface area contributed by atoms with Crippen LogP contribution in [0.2, 0.25) is 0 Å². The van der Waals surface area contributed by atoms with Gasteiger partial charge in [0.25, 0.3) is 0 Å². The van der Waals surface area contributed by atoms with Crippen LogP contribution >= 0.6 is 11.8 Å². The van der Waals surface area contributed by atoms with Crippen LogP contribution in [0.25, 0.3) is 0 Å². The highest BCUT2D eigenvalue weighted by molar-refractivity contribution is 7.98. The summed E-state index contributed by atoms with van der Waals surface area (Å²) in [5.74, 6) is 2.53. The third-order valence-electron chi connectivity index (χ3n) is 1.99. The molecule has 1 aromatic rings. The molecule has 0 aromatic carbocycles. The van der Waals surface area contributed by atoms with Crippen molar-refractivity contribution in [3.05, 3.63) is 23.7 Å². The molecule has 0 aliphatic rings. The van der Waals surface area contributed by atoms with E-state index in [4.69, 9.17) is 15.3 Å². The Bertz CT molecular complexity index is 283. The molecule has 1 aromatic heterocycles. The lowest BCUT2D eigenvalue weighted by Crippen LogP contribution is -2.42. The van der Waals surface area contributed by atoms with Crippen molar-refractivity contribution in [2.45, 2.75) is 25.1 Å². The number of hydrogen-bond donors (Lipinski definition) is 2. The molecule has 1 heterocycles. The van der Waals surface area contributed by atoms with Gasteiger partial charge in [-0.1, -0.05) is 0 Å². The molecule has 0 amide bonds. The fraction of sp³-hybridized carbons (Fsp3) is 0.600. The second-order valence-corrected chi connectivity index (χ2v) is 4.82. The van der Waals surface area contributed by atoms with E-state index in [1.54, 1.807) is 18.0 Å². The highest BCUT2D eigenvalue weighted by atomic mass is 32.2. The van der Waals surface area contributed by atoms with Gasteiger partial charge < -0.3 is 15.3 Å². The molecule has 0 spiro atoms. The van der Waals surface area contributed by atoms with Crippen LogP contribution in [-0.2, 0) is 5.75 Å². The van der Waals surface area contributed by atoms with Gasteiger partial charge in [-0.15, -0.1) is 0 Å². The number of furan rings is 1. The number of rotatable bonds is 5. The molecule has 0 saturated carbocycles. The fourth-order valence-corrected chi connectivity index (χ4v) is 2.12. The van der Waals surface area contributed by atoms with E-state index in [0.717, 1.165) is 17.3 Å². The predicted molar refractivity (Wildman–Crippen MR) is 59.3 cm³/mol. The smallest absolute Gasteiger partial charge is 0.116 e. The van der Waals surface area contributed by atoms with Crippen molar-refractivity contribution in [1.82, 2.24) is 0 Å². The van der Waals surface area contributed by atoms with Crippen LogP contribution in [0.5, 0.6) is 0 Å². The Labute approximate surface area is 88.7 Å². The van der Waals surface area contributed by atoms with E-state index < -0.39 is 5.54 Å². The maximum atomic E-state index is 8.94. The first-order valence-electron chi connectivity index (χ1n) is 4.55. The molecule has 0 aliphatic heterocycles. The number of aliphatic hydroxyl groups excluding tert-OH is 1. The average Bonchev–Trinajstić information content (AvgIpc) is 2.52. The molecular weight excluding hydrogens is 198 g/mol. The third-order valence-corrected chi connectivity index (χ3v) is 3.32. The minimum Gasteiger partial charge on any atom is -0.468 e. The first-order valence-corrected chi connectivity index (χ1v) is 5.71. The normalized spacial score (nSPS) is 15.4. The number of thioether (sulfide) groups is 1. The Morgan fingerprint density at radius 3 is 2.86 bits per heavy atom. The van der Waals surface area contributed by atoms with Crippen molar-refractivity contribution >= 4 is 11.8 Å². The van der Waals surface area contributed by atoms with Gasteiger partial charge in [-0.2, -0.15) is 11.8 Å². The molecule has 1 unspecified atom stereocenters. The average molecular weight is 215 g/mol. The van der Waals surface area contributed by atoms with Gasteiger partial charge >= 0.3 is 0 Å². The summed E-state index contributed by atoms with van der Waals surface area (Å²) in [6.45, 7) is 3.87. The summed E-state index contributed by atoms with van der Waals surface area (Å²) in [5, 5.41) is 8.94. The fourth-order valence-electron chi connectivity index (χ4n) is 0.974. The van der Waals surface area contributed by atoms with Crippen molar-refractivity contribution in [3.63, 3.8) is 0 Å². The predicted octanol–water partition coefficient (Wildman–Crippen LogP) is 1.53. The van der Waals surface area contributed by atoms with Gasteiger partial charge in [0.15, 0.2) is 0 Å². The molecule has 4 heteroatoms. The first-order chi connectivity index (χ1) is 6.55. The van der Waals surface area contributed by atoms with Gasteiger partial charge in [-0.05, 0) is 25.5 Å². The maximum absolute atomic E-state index is 8.94. The van der Waals surface area contributed by atoms with E-state index in [2.05, 4.69) is 0 Å². The Balaban J connectivity index is 2.32. The molecule has 0 bridgehead atoms. The highest BCUT2D eigenvalue weighted by Gasteiger charge is 2.17. The minimum atomic E-state index is -0.495. The molecule has 3 nitrogen and oxygen atoms in total. The molecule has 1 rings (SSSR count). The maximum Gasteiger partial charge on any atom is 0.116 e. The van der Waals surface area contributed by atoms with Gasteiger partial charge in [0.1, 0.15) is 5.76 Å². The van der Waals surface area contributed by atoms with Crippen molar-refractivity contribution in [2.75, 3.05) is 12.4 Å². The minimum absolute atomic E-state index is 0.0110. The number of nitrogens with two attached hydrogens (primary N) is 1. The summed E-state index contributed by atoms with van der Waals surface area (Å²) in [6, 6.07) is 1.95. The zero-order chi connectivity index (χ0) is 10.6. The standard InChI is InChI=1S/C10H17NO2S/c1-8-3-4-13-9(8)5-14-7-10(2,11)6-12/h3-4,12H,5-7,11H2,1-2H3. The Morgan fingerprint density at radius 1 is 1.64 bits per heavy atom. The second-order valence-electron chi connectivity index (χ2n) is 3.83. The van der Waals surface area contributed by atoms with E-state index in [0.29, 0.717) is 0 Å². The summed E-state index contributed by atoms with van der Waals surface area (Å²) in [6.07, 6.45) is 1.69.